The molecule has 0 atom stereocenters. The number of rotatable bonds is 8. The molecule has 0 unspecified atom stereocenters. The van der Waals surface area contributed by atoms with Crippen LogP contribution in [0.15, 0.2) is 78.2 Å². The number of aliphatic carboxylic acids is 1. The lowest BCUT2D eigenvalue weighted by Crippen LogP contribution is -2.01. The van der Waals surface area contributed by atoms with E-state index < -0.39 is 5.97 Å². The van der Waals surface area contributed by atoms with Gasteiger partial charge < -0.3 is 9.84 Å². The van der Waals surface area contributed by atoms with E-state index in [1.807, 2.05) is 54.8 Å². The average Bonchev–Trinajstić information content (AvgIpc) is 3.22. The van der Waals surface area contributed by atoms with Crippen LogP contribution in [0.3, 0.4) is 0 Å². The number of ether oxygens (including phenoxy) is 1. The summed E-state index contributed by atoms with van der Waals surface area (Å²) in [6, 6.07) is 22.0. The number of halogens is 1. The summed E-state index contributed by atoms with van der Waals surface area (Å²) in [4.78, 5) is 24.3. The smallest absolute Gasteiger partial charge is 0.307 e. The fourth-order valence-corrected chi connectivity index (χ4v) is 4.92. The van der Waals surface area contributed by atoms with Gasteiger partial charge >= 0.3 is 5.97 Å². The van der Waals surface area contributed by atoms with Gasteiger partial charge in [0.2, 0.25) is 0 Å². The summed E-state index contributed by atoms with van der Waals surface area (Å²) in [5.41, 5.74) is 3.97. The molecule has 0 saturated carbocycles. The summed E-state index contributed by atoms with van der Waals surface area (Å²) in [5, 5.41) is 12.0. The Morgan fingerprint density at radius 1 is 0.909 bits per heavy atom. The standard InChI is InChI=1S/C27H21ClO4S/c1-2-25(29)17-7-11-19(12-8-17)32-20-13-9-18(10-14-20)27-22(15-26(30)31)23(16-33-27)21-5-3-4-6-24(21)28/h3-14,16H,2,15H2,1H3,(H,30,31). The highest BCUT2D eigenvalue weighted by Crippen LogP contribution is 2.41. The normalized spacial score (nSPS) is 10.7. The Hall–Kier alpha value is -3.41. The lowest BCUT2D eigenvalue weighted by molar-refractivity contribution is -0.136. The van der Waals surface area contributed by atoms with Crippen molar-refractivity contribution in [2.75, 3.05) is 0 Å². The number of carbonyl (C=O) groups excluding carboxylic acids is 1. The highest BCUT2D eigenvalue weighted by atomic mass is 35.5. The van der Waals surface area contributed by atoms with Crippen molar-refractivity contribution in [2.45, 2.75) is 19.8 Å². The number of benzene rings is 3. The molecule has 4 rings (SSSR count). The molecule has 3 aromatic carbocycles. The van der Waals surface area contributed by atoms with Crippen LogP contribution in [-0.2, 0) is 11.2 Å². The maximum atomic E-state index is 11.8. The molecule has 0 bridgehead atoms. The molecule has 0 radical (unpaired) electrons. The van der Waals surface area contributed by atoms with E-state index in [2.05, 4.69) is 0 Å². The van der Waals surface area contributed by atoms with E-state index in [1.54, 1.807) is 30.3 Å². The topological polar surface area (TPSA) is 63.6 Å². The second-order valence-corrected chi connectivity index (χ2v) is 8.72. The van der Waals surface area contributed by atoms with Crippen LogP contribution < -0.4 is 4.74 Å². The number of thiophene rings is 1. The molecule has 33 heavy (non-hydrogen) atoms. The zero-order chi connectivity index (χ0) is 23.4. The molecule has 0 aliphatic heterocycles. The van der Waals surface area contributed by atoms with Crippen LogP contribution in [0, 0.1) is 0 Å². The van der Waals surface area contributed by atoms with Gasteiger partial charge in [0.05, 0.1) is 6.42 Å². The molecule has 0 aliphatic rings. The van der Waals surface area contributed by atoms with E-state index in [-0.39, 0.29) is 12.2 Å². The average molecular weight is 477 g/mol. The number of carbonyl (C=O) groups is 2. The molecular weight excluding hydrogens is 456 g/mol. The lowest BCUT2D eigenvalue weighted by atomic mass is 9.98. The van der Waals surface area contributed by atoms with Crippen LogP contribution >= 0.6 is 22.9 Å². The zero-order valence-corrected chi connectivity index (χ0v) is 19.5. The van der Waals surface area contributed by atoms with Gasteiger partial charge in [-0.1, -0.05) is 36.7 Å². The fraction of sp³-hybridized carbons (Fsp3) is 0.111. The molecule has 6 heteroatoms. The molecule has 0 amide bonds. The predicted octanol–water partition coefficient (Wildman–Crippen LogP) is 7.75. The predicted molar refractivity (Wildman–Crippen MR) is 133 cm³/mol. The molecule has 4 nitrogen and oxygen atoms in total. The van der Waals surface area contributed by atoms with E-state index in [9.17, 15) is 14.7 Å². The van der Waals surface area contributed by atoms with Crippen molar-refractivity contribution < 1.29 is 19.4 Å². The van der Waals surface area contributed by atoms with Crippen molar-refractivity contribution in [3.8, 4) is 33.1 Å². The Morgan fingerprint density at radius 3 is 2.15 bits per heavy atom. The van der Waals surface area contributed by atoms with Gasteiger partial charge in [0.15, 0.2) is 5.78 Å². The van der Waals surface area contributed by atoms with Crippen molar-refractivity contribution in [1.82, 2.24) is 0 Å². The van der Waals surface area contributed by atoms with Crippen LogP contribution in [0.5, 0.6) is 11.5 Å². The molecule has 1 heterocycles. The lowest BCUT2D eigenvalue weighted by Gasteiger charge is -2.09. The summed E-state index contributed by atoms with van der Waals surface area (Å²) in [6.45, 7) is 1.83. The molecule has 1 aromatic heterocycles. The minimum absolute atomic E-state index is 0.0928. The van der Waals surface area contributed by atoms with E-state index in [4.69, 9.17) is 16.3 Å². The van der Waals surface area contributed by atoms with Crippen molar-refractivity contribution in [1.29, 1.82) is 0 Å². The highest BCUT2D eigenvalue weighted by Gasteiger charge is 2.19. The van der Waals surface area contributed by atoms with Gasteiger partial charge in [-0.25, -0.2) is 0 Å². The van der Waals surface area contributed by atoms with Crippen molar-refractivity contribution >= 4 is 34.7 Å². The summed E-state index contributed by atoms with van der Waals surface area (Å²) in [7, 11) is 0. The monoisotopic (exact) mass is 476 g/mol. The number of hydrogen-bond acceptors (Lipinski definition) is 4. The number of Topliss-reactive ketones (excluding diaryl/α,β-unsaturated/α-hetero) is 1. The molecule has 1 N–H and O–H groups in total. The first-order chi connectivity index (χ1) is 16.0. The van der Waals surface area contributed by atoms with Gasteiger partial charge in [-0.05, 0) is 76.7 Å². The van der Waals surface area contributed by atoms with Gasteiger partial charge in [0, 0.05) is 27.4 Å². The van der Waals surface area contributed by atoms with Gasteiger partial charge in [-0.3, -0.25) is 9.59 Å². The first-order valence-electron chi connectivity index (χ1n) is 10.4. The molecular formula is C27H21ClO4S. The molecule has 0 spiro atoms. The van der Waals surface area contributed by atoms with E-state index in [0.717, 1.165) is 27.1 Å². The number of ketones is 1. The van der Waals surface area contributed by atoms with Crippen molar-refractivity contribution in [2.24, 2.45) is 0 Å². The molecule has 0 aliphatic carbocycles. The molecule has 0 saturated heterocycles. The first-order valence-corrected chi connectivity index (χ1v) is 11.7. The zero-order valence-electron chi connectivity index (χ0n) is 17.9. The first kappa shape index (κ1) is 22.8. The van der Waals surface area contributed by atoms with Crippen molar-refractivity contribution in [3.63, 3.8) is 0 Å². The van der Waals surface area contributed by atoms with Crippen LogP contribution in [0.25, 0.3) is 21.6 Å². The van der Waals surface area contributed by atoms with E-state index >= 15 is 0 Å². The largest absolute Gasteiger partial charge is 0.481 e. The van der Waals surface area contributed by atoms with Crippen LogP contribution in [0.4, 0.5) is 0 Å². The highest BCUT2D eigenvalue weighted by molar-refractivity contribution is 7.14. The third-order valence-corrected chi connectivity index (χ3v) is 6.64. The molecule has 0 fully saturated rings. The van der Waals surface area contributed by atoms with Crippen LogP contribution in [0.1, 0.15) is 29.3 Å². The van der Waals surface area contributed by atoms with Gasteiger partial charge in [0.25, 0.3) is 0 Å². The van der Waals surface area contributed by atoms with E-state index in [1.165, 1.54) is 11.3 Å². The second kappa shape index (κ2) is 10.0. The van der Waals surface area contributed by atoms with E-state index in [0.29, 0.717) is 28.5 Å². The Labute approximate surface area is 201 Å². The Bertz CT molecular complexity index is 1290. The Kier molecular flexibility index (Phi) is 6.92. The summed E-state index contributed by atoms with van der Waals surface area (Å²) < 4.78 is 5.90. The third kappa shape index (κ3) is 5.16. The van der Waals surface area contributed by atoms with Crippen molar-refractivity contribution in [3.05, 3.63) is 94.3 Å². The second-order valence-electron chi connectivity index (χ2n) is 7.43. The number of hydrogen-bond donors (Lipinski definition) is 1. The minimum atomic E-state index is -0.895. The Balaban J connectivity index is 1.60. The SMILES string of the molecule is CCC(=O)c1ccc(Oc2ccc(-c3scc(-c4ccccc4Cl)c3CC(=O)O)cc2)cc1. The summed E-state index contributed by atoms with van der Waals surface area (Å²) in [6.07, 6.45) is 0.368. The van der Waals surface area contributed by atoms with Gasteiger partial charge in [0.1, 0.15) is 11.5 Å². The third-order valence-electron chi connectivity index (χ3n) is 5.24. The van der Waals surface area contributed by atoms with Crippen LogP contribution in [-0.4, -0.2) is 16.9 Å². The molecule has 166 valence electrons. The molecule has 4 aromatic rings. The number of carboxylic acids is 1. The quantitative estimate of drug-likeness (QED) is 0.264. The number of carboxylic acid groups (broad SMARTS) is 1. The van der Waals surface area contributed by atoms with Gasteiger partial charge in [-0.2, -0.15) is 0 Å². The van der Waals surface area contributed by atoms with Crippen LogP contribution in [0.2, 0.25) is 5.02 Å². The summed E-state index contributed by atoms with van der Waals surface area (Å²) in [5.74, 6) is 0.484. The fourth-order valence-electron chi connectivity index (χ4n) is 3.58. The Morgan fingerprint density at radius 2 is 1.55 bits per heavy atom. The van der Waals surface area contributed by atoms with Gasteiger partial charge in [-0.15, -0.1) is 11.3 Å². The maximum absolute atomic E-state index is 11.8. The minimum Gasteiger partial charge on any atom is -0.481 e. The summed E-state index contributed by atoms with van der Waals surface area (Å²) >= 11 is 7.87. The maximum Gasteiger partial charge on any atom is 0.307 e.